The summed E-state index contributed by atoms with van der Waals surface area (Å²) in [5.41, 5.74) is 0.783. The number of halogens is 4. The van der Waals surface area contributed by atoms with Gasteiger partial charge in [-0.05, 0) is 35.4 Å². The summed E-state index contributed by atoms with van der Waals surface area (Å²) in [7, 11) is 0. The minimum Gasteiger partial charge on any atom is -0.404 e. The fraction of sp³-hybridized carbons (Fsp3) is 0.0667. The maximum Gasteiger partial charge on any atom is 0.573 e. The molecule has 0 aliphatic rings. The standard InChI is InChI=1S/C15H8F4O/c1-2-10-6-7-12(9-14(10)20-15(17,18)19)11-4-3-5-13(16)8-11/h1,3-9H. The van der Waals surface area contributed by atoms with E-state index in [-0.39, 0.29) is 5.56 Å². The van der Waals surface area contributed by atoms with Crippen LogP contribution in [0.3, 0.4) is 0 Å². The Morgan fingerprint density at radius 1 is 1.00 bits per heavy atom. The van der Waals surface area contributed by atoms with E-state index in [1.807, 2.05) is 0 Å². The first-order valence-corrected chi connectivity index (χ1v) is 5.51. The van der Waals surface area contributed by atoms with E-state index >= 15 is 0 Å². The number of ether oxygens (including phenoxy) is 1. The lowest BCUT2D eigenvalue weighted by atomic mass is 10.0. The molecule has 20 heavy (non-hydrogen) atoms. The molecule has 0 radical (unpaired) electrons. The Kier molecular flexibility index (Phi) is 3.66. The highest BCUT2D eigenvalue weighted by atomic mass is 19.4. The molecule has 0 aliphatic heterocycles. The smallest absolute Gasteiger partial charge is 0.404 e. The van der Waals surface area contributed by atoms with Crippen molar-refractivity contribution < 1.29 is 22.3 Å². The van der Waals surface area contributed by atoms with Crippen molar-refractivity contribution in [3.8, 4) is 29.2 Å². The third-order valence-electron chi connectivity index (χ3n) is 2.52. The maximum atomic E-state index is 13.1. The molecule has 0 fully saturated rings. The van der Waals surface area contributed by atoms with E-state index in [9.17, 15) is 17.6 Å². The fourth-order valence-electron chi connectivity index (χ4n) is 1.70. The number of rotatable bonds is 2. The van der Waals surface area contributed by atoms with Gasteiger partial charge in [0.05, 0.1) is 5.56 Å². The third kappa shape index (κ3) is 3.29. The van der Waals surface area contributed by atoms with Crippen LogP contribution in [0.1, 0.15) is 5.56 Å². The number of hydrogen-bond donors (Lipinski definition) is 0. The molecule has 0 N–H and O–H groups in total. The Balaban J connectivity index is 2.47. The van der Waals surface area contributed by atoms with Gasteiger partial charge in [-0.2, -0.15) is 0 Å². The van der Waals surface area contributed by atoms with Crippen LogP contribution in [0.2, 0.25) is 0 Å². The van der Waals surface area contributed by atoms with E-state index < -0.39 is 17.9 Å². The minimum atomic E-state index is -4.84. The maximum absolute atomic E-state index is 13.1. The summed E-state index contributed by atoms with van der Waals surface area (Å²) in [6.45, 7) is 0. The summed E-state index contributed by atoms with van der Waals surface area (Å²) < 4.78 is 53.9. The second kappa shape index (κ2) is 5.25. The summed E-state index contributed by atoms with van der Waals surface area (Å²) in [4.78, 5) is 0. The molecule has 0 bridgehead atoms. The van der Waals surface area contributed by atoms with Crippen LogP contribution in [0.25, 0.3) is 11.1 Å². The second-order valence-corrected chi connectivity index (χ2v) is 3.91. The normalized spacial score (nSPS) is 10.9. The molecule has 0 aromatic heterocycles. The Labute approximate surface area is 112 Å². The number of benzene rings is 2. The molecular formula is C15H8F4O. The number of terminal acetylenes is 1. The van der Waals surface area contributed by atoms with Crippen LogP contribution in [0.5, 0.6) is 5.75 Å². The van der Waals surface area contributed by atoms with E-state index in [0.29, 0.717) is 11.1 Å². The molecule has 0 saturated heterocycles. The minimum absolute atomic E-state index is 0.0255. The first-order chi connectivity index (χ1) is 9.39. The summed E-state index contributed by atoms with van der Waals surface area (Å²) in [6, 6.07) is 9.45. The van der Waals surface area contributed by atoms with Gasteiger partial charge < -0.3 is 4.74 Å². The quantitative estimate of drug-likeness (QED) is 0.586. The molecule has 0 amide bonds. The highest BCUT2D eigenvalue weighted by Crippen LogP contribution is 2.31. The molecule has 5 heteroatoms. The van der Waals surface area contributed by atoms with Crippen molar-refractivity contribution >= 4 is 0 Å². The van der Waals surface area contributed by atoms with Crippen molar-refractivity contribution in [2.24, 2.45) is 0 Å². The number of alkyl halides is 3. The van der Waals surface area contributed by atoms with Gasteiger partial charge in [0.25, 0.3) is 0 Å². The first kappa shape index (κ1) is 13.9. The van der Waals surface area contributed by atoms with Gasteiger partial charge in [-0.15, -0.1) is 19.6 Å². The Bertz CT molecular complexity index is 668. The monoisotopic (exact) mass is 280 g/mol. The van der Waals surface area contributed by atoms with E-state index in [2.05, 4.69) is 10.7 Å². The Morgan fingerprint density at radius 2 is 1.70 bits per heavy atom. The molecule has 1 nitrogen and oxygen atoms in total. The van der Waals surface area contributed by atoms with Crippen LogP contribution < -0.4 is 4.74 Å². The average Bonchev–Trinajstić information content (AvgIpc) is 2.37. The van der Waals surface area contributed by atoms with Gasteiger partial charge in [-0.25, -0.2) is 4.39 Å². The zero-order valence-corrected chi connectivity index (χ0v) is 10.0. The van der Waals surface area contributed by atoms with Crippen molar-refractivity contribution in [3.05, 3.63) is 53.8 Å². The summed E-state index contributed by atoms with van der Waals surface area (Å²) in [5, 5.41) is 0. The van der Waals surface area contributed by atoms with Crippen molar-refractivity contribution in [1.82, 2.24) is 0 Å². The molecule has 0 atom stereocenters. The molecule has 2 aromatic rings. The van der Waals surface area contributed by atoms with Gasteiger partial charge in [-0.3, -0.25) is 0 Å². The largest absolute Gasteiger partial charge is 0.573 e. The van der Waals surface area contributed by atoms with Gasteiger partial charge in [0.2, 0.25) is 0 Å². The van der Waals surface area contributed by atoms with Gasteiger partial charge in [0, 0.05) is 0 Å². The first-order valence-electron chi connectivity index (χ1n) is 5.51. The van der Waals surface area contributed by atoms with Crippen LogP contribution in [0, 0.1) is 18.2 Å². The predicted molar refractivity (Wildman–Crippen MR) is 66.5 cm³/mol. The molecule has 102 valence electrons. The van der Waals surface area contributed by atoms with Gasteiger partial charge in [0.1, 0.15) is 11.6 Å². The molecular weight excluding hydrogens is 272 g/mol. The van der Waals surface area contributed by atoms with Gasteiger partial charge in [-0.1, -0.05) is 24.1 Å². The molecule has 0 saturated carbocycles. The molecule has 0 heterocycles. The van der Waals surface area contributed by atoms with Crippen LogP contribution in [-0.4, -0.2) is 6.36 Å². The molecule has 2 aromatic carbocycles. The average molecular weight is 280 g/mol. The van der Waals surface area contributed by atoms with E-state index in [1.54, 1.807) is 6.07 Å². The van der Waals surface area contributed by atoms with Gasteiger partial charge >= 0.3 is 6.36 Å². The third-order valence-corrected chi connectivity index (χ3v) is 2.52. The Morgan fingerprint density at radius 3 is 2.30 bits per heavy atom. The summed E-state index contributed by atoms with van der Waals surface area (Å²) in [5.74, 6) is 1.14. The lowest BCUT2D eigenvalue weighted by Gasteiger charge is -2.12. The van der Waals surface area contributed by atoms with E-state index in [0.717, 1.165) is 6.07 Å². The highest BCUT2D eigenvalue weighted by Gasteiger charge is 2.32. The molecule has 0 aliphatic carbocycles. The van der Waals surface area contributed by atoms with Crippen LogP contribution >= 0.6 is 0 Å². The zero-order valence-electron chi connectivity index (χ0n) is 10.0. The highest BCUT2D eigenvalue weighted by molar-refractivity contribution is 5.67. The number of hydrogen-bond acceptors (Lipinski definition) is 1. The lowest BCUT2D eigenvalue weighted by Crippen LogP contribution is -2.17. The summed E-state index contributed by atoms with van der Waals surface area (Å²) in [6.07, 6.45) is 0.284. The van der Waals surface area contributed by atoms with E-state index in [4.69, 9.17) is 6.42 Å². The van der Waals surface area contributed by atoms with Gasteiger partial charge in [0.15, 0.2) is 0 Å². The van der Waals surface area contributed by atoms with Crippen molar-refractivity contribution in [3.63, 3.8) is 0 Å². The summed E-state index contributed by atoms with van der Waals surface area (Å²) >= 11 is 0. The van der Waals surface area contributed by atoms with E-state index in [1.165, 1.54) is 30.3 Å². The SMILES string of the molecule is C#Cc1ccc(-c2cccc(F)c2)cc1OC(F)(F)F. The van der Waals surface area contributed by atoms with Crippen molar-refractivity contribution in [1.29, 1.82) is 0 Å². The second-order valence-electron chi connectivity index (χ2n) is 3.91. The van der Waals surface area contributed by atoms with Crippen molar-refractivity contribution in [2.45, 2.75) is 6.36 Å². The molecule has 2 rings (SSSR count). The van der Waals surface area contributed by atoms with Crippen molar-refractivity contribution in [2.75, 3.05) is 0 Å². The molecule has 0 spiro atoms. The lowest BCUT2D eigenvalue weighted by molar-refractivity contribution is -0.274. The van der Waals surface area contributed by atoms with Crippen LogP contribution in [0.15, 0.2) is 42.5 Å². The predicted octanol–water partition coefficient (Wildman–Crippen LogP) is 4.37. The topological polar surface area (TPSA) is 9.23 Å². The zero-order chi connectivity index (χ0) is 14.8. The van der Waals surface area contributed by atoms with Crippen LogP contribution in [0.4, 0.5) is 17.6 Å². The van der Waals surface area contributed by atoms with Crippen LogP contribution in [-0.2, 0) is 0 Å². The Hall–Kier alpha value is -2.48. The molecule has 0 unspecified atom stereocenters. The fourth-order valence-corrected chi connectivity index (χ4v) is 1.70.